The fourth-order valence-corrected chi connectivity index (χ4v) is 2.11. The summed E-state index contributed by atoms with van der Waals surface area (Å²) in [5.41, 5.74) is 0. The number of allylic oxidation sites excluding steroid dienone is 1. The van der Waals surface area contributed by atoms with E-state index >= 15 is 0 Å². The van der Waals surface area contributed by atoms with E-state index in [9.17, 15) is 5.11 Å². The molecule has 2 atom stereocenters. The average molecular weight is 244 g/mol. The van der Waals surface area contributed by atoms with E-state index in [0.717, 1.165) is 0 Å². The zero-order valence-corrected chi connectivity index (χ0v) is 12.9. The number of hydrogen-bond acceptors (Lipinski definition) is 2. The van der Waals surface area contributed by atoms with Gasteiger partial charge in [0.05, 0.1) is 12.7 Å². The van der Waals surface area contributed by atoms with Crippen LogP contribution in [0.2, 0.25) is 18.1 Å². The molecule has 0 aliphatic rings. The van der Waals surface area contributed by atoms with Gasteiger partial charge in [0.15, 0.2) is 8.32 Å². The van der Waals surface area contributed by atoms with Crippen molar-refractivity contribution in [3.63, 3.8) is 0 Å². The summed E-state index contributed by atoms with van der Waals surface area (Å²) in [4.78, 5) is 0. The van der Waals surface area contributed by atoms with Gasteiger partial charge in [0.1, 0.15) is 0 Å². The van der Waals surface area contributed by atoms with Crippen LogP contribution >= 0.6 is 0 Å². The zero-order valence-electron chi connectivity index (χ0n) is 11.9. The van der Waals surface area contributed by atoms with Gasteiger partial charge in [0.2, 0.25) is 0 Å². The summed E-state index contributed by atoms with van der Waals surface area (Å²) in [5.74, 6) is 0.162. The van der Waals surface area contributed by atoms with Crippen molar-refractivity contribution in [1.29, 1.82) is 0 Å². The molecule has 0 bridgehead atoms. The molecule has 16 heavy (non-hydrogen) atoms. The first-order valence-corrected chi connectivity index (χ1v) is 8.97. The van der Waals surface area contributed by atoms with Crippen molar-refractivity contribution in [3.05, 3.63) is 12.2 Å². The maximum atomic E-state index is 9.92. The van der Waals surface area contributed by atoms with Gasteiger partial charge in [-0.1, -0.05) is 39.8 Å². The molecule has 2 nitrogen and oxygen atoms in total. The van der Waals surface area contributed by atoms with Crippen LogP contribution in [0.3, 0.4) is 0 Å². The molecule has 0 aromatic carbocycles. The molecule has 0 fully saturated rings. The highest BCUT2D eigenvalue weighted by molar-refractivity contribution is 6.74. The maximum absolute atomic E-state index is 9.92. The number of aliphatic hydroxyl groups is 1. The third kappa shape index (κ3) is 4.81. The predicted octanol–water partition coefficient (Wildman–Crippen LogP) is 3.58. The van der Waals surface area contributed by atoms with Crippen molar-refractivity contribution in [1.82, 2.24) is 0 Å². The lowest BCUT2D eigenvalue weighted by molar-refractivity contribution is 0.0730. The quantitative estimate of drug-likeness (QED) is 0.591. The predicted molar refractivity (Wildman–Crippen MR) is 73.1 cm³/mol. The van der Waals surface area contributed by atoms with Gasteiger partial charge in [-0.3, -0.25) is 0 Å². The minimum absolute atomic E-state index is 0.162. The second-order valence-electron chi connectivity index (χ2n) is 6.02. The molecule has 0 spiro atoms. The zero-order chi connectivity index (χ0) is 13.0. The molecule has 0 heterocycles. The summed E-state index contributed by atoms with van der Waals surface area (Å²) < 4.78 is 5.98. The second kappa shape index (κ2) is 5.99. The summed E-state index contributed by atoms with van der Waals surface area (Å²) in [5, 5.41) is 10.1. The number of hydrogen-bond donors (Lipinski definition) is 1. The molecule has 3 heteroatoms. The van der Waals surface area contributed by atoms with E-state index in [4.69, 9.17) is 4.43 Å². The Labute approximate surface area is 102 Å². The molecule has 0 amide bonds. The molecule has 0 rings (SSSR count). The highest BCUT2D eigenvalue weighted by atomic mass is 28.4. The van der Waals surface area contributed by atoms with E-state index < -0.39 is 14.4 Å². The van der Waals surface area contributed by atoms with Gasteiger partial charge in [0, 0.05) is 5.92 Å². The maximum Gasteiger partial charge on any atom is 0.192 e. The molecule has 0 radical (unpaired) electrons. The Morgan fingerprint density at radius 1 is 1.31 bits per heavy atom. The van der Waals surface area contributed by atoms with Gasteiger partial charge in [0.25, 0.3) is 0 Å². The Morgan fingerprint density at radius 3 is 2.19 bits per heavy atom. The standard InChI is InChI=1S/C13H28O2Si/c1-8-9-11(2)12(14)10-15-16(6,7)13(3,4)5/h8-9,11-12,14H,10H2,1-7H3/b9-8-/t11-,12-/m0/s1. The van der Waals surface area contributed by atoms with Gasteiger partial charge in [-0.05, 0) is 25.1 Å². The minimum Gasteiger partial charge on any atom is -0.414 e. The Bertz CT molecular complexity index is 229. The van der Waals surface area contributed by atoms with Crippen LogP contribution in [-0.2, 0) is 4.43 Å². The van der Waals surface area contributed by atoms with Crippen molar-refractivity contribution in [3.8, 4) is 0 Å². The smallest absolute Gasteiger partial charge is 0.192 e. The topological polar surface area (TPSA) is 29.5 Å². The molecule has 1 N–H and O–H groups in total. The largest absolute Gasteiger partial charge is 0.414 e. The summed E-state index contributed by atoms with van der Waals surface area (Å²) in [6.45, 7) is 15.5. The number of rotatable bonds is 5. The Kier molecular flexibility index (Phi) is 5.94. The van der Waals surface area contributed by atoms with Crippen molar-refractivity contribution in [2.45, 2.75) is 58.9 Å². The van der Waals surface area contributed by atoms with E-state index in [-0.39, 0.29) is 11.0 Å². The van der Waals surface area contributed by atoms with Gasteiger partial charge >= 0.3 is 0 Å². The lowest BCUT2D eigenvalue weighted by atomic mass is 10.1. The van der Waals surface area contributed by atoms with Gasteiger partial charge < -0.3 is 9.53 Å². The average Bonchev–Trinajstić information content (AvgIpc) is 2.12. The van der Waals surface area contributed by atoms with Crippen LogP contribution in [0.1, 0.15) is 34.6 Å². The Balaban J connectivity index is 4.25. The summed E-state index contributed by atoms with van der Waals surface area (Å²) in [6.07, 6.45) is 3.59. The first-order valence-electron chi connectivity index (χ1n) is 6.06. The first-order chi connectivity index (χ1) is 7.12. The van der Waals surface area contributed by atoms with Gasteiger partial charge in [-0.2, -0.15) is 0 Å². The lowest BCUT2D eigenvalue weighted by Crippen LogP contribution is -2.43. The van der Waals surface area contributed by atoms with Crippen molar-refractivity contribution < 1.29 is 9.53 Å². The van der Waals surface area contributed by atoms with Crippen LogP contribution in [0.4, 0.5) is 0 Å². The number of aliphatic hydroxyl groups excluding tert-OH is 1. The Hall–Kier alpha value is -0.123. The summed E-state index contributed by atoms with van der Waals surface area (Å²) >= 11 is 0. The van der Waals surface area contributed by atoms with Crippen molar-refractivity contribution in [2.24, 2.45) is 5.92 Å². The fourth-order valence-electron chi connectivity index (χ4n) is 1.09. The van der Waals surface area contributed by atoms with Crippen LogP contribution in [0.5, 0.6) is 0 Å². The van der Waals surface area contributed by atoms with Gasteiger partial charge in [-0.15, -0.1) is 0 Å². The monoisotopic (exact) mass is 244 g/mol. The third-order valence-corrected chi connectivity index (χ3v) is 8.02. The normalized spacial score (nSPS) is 17.8. The second-order valence-corrected chi connectivity index (χ2v) is 10.8. The highest BCUT2D eigenvalue weighted by Gasteiger charge is 2.37. The van der Waals surface area contributed by atoms with E-state index in [1.807, 2.05) is 26.0 Å². The molecule has 0 aromatic heterocycles. The van der Waals surface area contributed by atoms with Gasteiger partial charge in [-0.25, -0.2) is 0 Å². The molecular weight excluding hydrogens is 216 g/mol. The molecular formula is C13H28O2Si. The van der Waals surface area contributed by atoms with Crippen LogP contribution in [0, 0.1) is 5.92 Å². The minimum atomic E-state index is -1.72. The molecule has 96 valence electrons. The van der Waals surface area contributed by atoms with Crippen LogP contribution in [-0.4, -0.2) is 26.1 Å². The third-order valence-electron chi connectivity index (χ3n) is 3.52. The molecule has 0 saturated heterocycles. The summed E-state index contributed by atoms with van der Waals surface area (Å²) in [7, 11) is -1.72. The molecule has 0 saturated carbocycles. The van der Waals surface area contributed by atoms with Crippen LogP contribution < -0.4 is 0 Å². The van der Waals surface area contributed by atoms with Crippen LogP contribution in [0.15, 0.2) is 12.2 Å². The molecule has 0 aromatic rings. The van der Waals surface area contributed by atoms with Crippen molar-refractivity contribution >= 4 is 8.32 Å². The molecule has 0 aliphatic carbocycles. The van der Waals surface area contributed by atoms with E-state index in [1.165, 1.54) is 0 Å². The Morgan fingerprint density at radius 2 is 1.81 bits per heavy atom. The van der Waals surface area contributed by atoms with E-state index in [1.54, 1.807) is 0 Å². The van der Waals surface area contributed by atoms with Crippen LogP contribution in [0.25, 0.3) is 0 Å². The molecule has 0 aliphatic heterocycles. The SMILES string of the molecule is C/C=C\[C@H](C)[C@@H](O)CO[Si](C)(C)C(C)(C)C. The lowest BCUT2D eigenvalue weighted by Gasteiger charge is -2.37. The highest BCUT2D eigenvalue weighted by Crippen LogP contribution is 2.36. The first kappa shape index (κ1) is 15.9. The van der Waals surface area contributed by atoms with E-state index in [2.05, 4.69) is 33.9 Å². The van der Waals surface area contributed by atoms with E-state index in [0.29, 0.717) is 6.61 Å². The van der Waals surface area contributed by atoms with Crippen molar-refractivity contribution in [2.75, 3.05) is 6.61 Å². The molecule has 0 unspecified atom stereocenters. The fraction of sp³-hybridized carbons (Fsp3) is 0.846. The summed E-state index contributed by atoms with van der Waals surface area (Å²) in [6, 6.07) is 0.